The number of nitrogens with one attached hydrogen (secondary N) is 1. The van der Waals surface area contributed by atoms with Crippen LogP contribution in [0.3, 0.4) is 0 Å². The minimum absolute atomic E-state index is 0.167. The lowest BCUT2D eigenvalue weighted by atomic mass is 10.1. The third-order valence-electron chi connectivity index (χ3n) is 3.24. The van der Waals surface area contributed by atoms with Crippen LogP contribution < -0.4 is 5.32 Å². The van der Waals surface area contributed by atoms with E-state index in [0.717, 1.165) is 25.9 Å². The average molecular weight is 296 g/mol. The number of carbonyl (C=O) groups is 1. The first-order valence-corrected chi connectivity index (χ1v) is 7.33. The number of piperidine rings is 1. The Morgan fingerprint density at radius 2 is 2.05 bits per heavy atom. The molecular weight excluding hydrogens is 272 g/mol. The molecule has 1 fully saturated rings. The highest BCUT2D eigenvalue weighted by atomic mass is 16.6. The molecular formula is C14H24N4O3. The van der Waals surface area contributed by atoms with E-state index in [9.17, 15) is 4.79 Å². The Balaban J connectivity index is 1.72. The van der Waals surface area contributed by atoms with Crippen LogP contribution in [0.4, 0.5) is 4.79 Å². The van der Waals surface area contributed by atoms with E-state index in [4.69, 9.17) is 9.15 Å². The summed E-state index contributed by atoms with van der Waals surface area (Å²) in [4.78, 5) is 14.0. The van der Waals surface area contributed by atoms with Crippen molar-refractivity contribution in [1.29, 1.82) is 0 Å². The van der Waals surface area contributed by atoms with Gasteiger partial charge in [0.2, 0.25) is 11.8 Å². The monoisotopic (exact) mass is 296 g/mol. The number of carbonyl (C=O) groups excluding carboxylic acids is 1. The molecule has 2 heterocycles. The summed E-state index contributed by atoms with van der Waals surface area (Å²) in [5.74, 6) is 1.23. The summed E-state index contributed by atoms with van der Waals surface area (Å²) >= 11 is 0. The molecule has 2 rings (SSSR count). The maximum absolute atomic E-state index is 11.7. The van der Waals surface area contributed by atoms with Crippen molar-refractivity contribution in [2.45, 2.75) is 58.7 Å². The Kier molecular flexibility index (Phi) is 4.82. The van der Waals surface area contributed by atoms with Gasteiger partial charge in [0.15, 0.2) is 0 Å². The van der Waals surface area contributed by atoms with Crippen molar-refractivity contribution >= 4 is 6.09 Å². The van der Waals surface area contributed by atoms with Gasteiger partial charge < -0.3 is 14.5 Å². The Morgan fingerprint density at radius 1 is 1.38 bits per heavy atom. The SMILES string of the molecule is Cc1nnc(CN2CCC(NC(=O)OC(C)(C)C)CC2)o1. The van der Waals surface area contributed by atoms with Gasteiger partial charge in [-0.3, -0.25) is 4.90 Å². The second-order valence-corrected chi connectivity index (χ2v) is 6.41. The van der Waals surface area contributed by atoms with E-state index in [0.29, 0.717) is 18.3 Å². The van der Waals surface area contributed by atoms with Gasteiger partial charge in [-0.2, -0.15) is 0 Å². The number of alkyl carbamates (subject to hydrolysis) is 1. The van der Waals surface area contributed by atoms with Gasteiger partial charge in [-0.05, 0) is 33.6 Å². The van der Waals surface area contributed by atoms with E-state index in [1.807, 2.05) is 20.8 Å². The van der Waals surface area contributed by atoms with E-state index in [2.05, 4.69) is 20.4 Å². The molecule has 0 spiro atoms. The van der Waals surface area contributed by atoms with E-state index < -0.39 is 5.60 Å². The van der Waals surface area contributed by atoms with Crippen LogP contribution in [0.2, 0.25) is 0 Å². The summed E-state index contributed by atoms with van der Waals surface area (Å²) in [5, 5.41) is 10.7. The summed E-state index contributed by atoms with van der Waals surface area (Å²) < 4.78 is 10.6. The molecule has 1 amide bonds. The number of aryl methyl sites for hydroxylation is 1. The van der Waals surface area contributed by atoms with Gasteiger partial charge in [0.25, 0.3) is 0 Å². The summed E-state index contributed by atoms with van der Waals surface area (Å²) in [6.07, 6.45) is 1.45. The van der Waals surface area contributed by atoms with Gasteiger partial charge in [-0.25, -0.2) is 4.79 Å². The molecule has 1 aromatic heterocycles. The van der Waals surface area contributed by atoms with Crippen LogP contribution in [0.15, 0.2) is 4.42 Å². The first-order chi connectivity index (χ1) is 9.82. The van der Waals surface area contributed by atoms with Crippen molar-refractivity contribution in [3.8, 4) is 0 Å². The number of hydrogen-bond acceptors (Lipinski definition) is 6. The molecule has 1 aliphatic rings. The molecule has 0 atom stereocenters. The topological polar surface area (TPSA) is 80.5 Å². The maximum Gasteiger partial charge on any atom is 0.407 e. The molecule has 1 aromatic rings. The Labute approximate surface area is 125 Å². The molecule has 7 nitrogen and oxygen atoms in total. The Morgan fingerprint density at radius 3 is 2.57 bits per heavy atom. The number of amides is 1. The number of rotatable bonds is 3. The zero-order valence-corrected chi connectivity index (χ0v) is 13.2. The third-order valence-corrected chi connectivity index (χ3v) is 3.24. The zero-order chi connectivity index (χ0) is 15.5. The fraction of sp³-hybridized carbons (Fsp3) is 0.786. The van der Waals surface area contributed by atoms with Gasteiger partial charge in [0.1, 0.15) is 5.60 Å². The van der Waals surface area contributed by atoms with Gasteiger partial charge in [0, 0.05) is 26.1 Å². The van der Waals surface area contributed by atoms with Crippen molar-refractivity contribution < 1.29 is 13.9 Å². The van der Waals surface area contributed by atoms with E-state index in [1.165, 1.54) is 0 Å². The standard InChI is InChI=1S/C14H24N4O3/c1-10-16-17-12(20-10)9-18-7-5-11(6-8-18)15-13(19)21-14(2,3)4/h11H,5-9H2,1-4H3,(H,15,19). The highest BCUT2D eigenvalue weighted by Crippen LogP contribution is 2.14. The largest absolute Gasteiger partial charge is 0.444 e. The number of likely N-dealkylation sites (tertiary alicyclic amines) is 1. The fourth-order valence-corrected chi connectivity index (χ4v) is 2.30. The van der Waals surface area contributed by atoms with Gasteiger partial charge in [-0.1, -0.05) is 0 Å². The van der Waals surface area contributed by atoms with Crippen molar-refractivity contribution in [3.05, 3.63) is 11.8 Å². The number of aromatic nitrogens is 2. The van der Waals surface area contributed by atoms with Crippen LogP contribution in [-0.4, -0.2) is 45.9 Å². The Bertz CT molecular complexity index is 473. The van der Waals surface area contributed by atoms with Gasteiger partial charge in [0.05, 0.1) is 6.54 Å². The lowest BCUT2D eigenvalue weighted by Gasteiger charge is -2.31. The molecule has 1 N–H and O–H groups in total. The predicted molar refractivity (Wildman–Crippen MR) is 76.7 cm³/mol. The van der Waals surface area contributed by atoms with Crippen LogP contribution in [0, 0.1) is 6.92 Å². The van der Waals surface area contributed by atoms with Crippen molar-refractivity contribution in [3.63, 3.8) is 0 Å². The van der Waals surface area contributed by atoms with Crippen molar-refractivity contribution in [2.24, 2.45) is 0 Å². The lowest BCUT2D eigenvalue weighted by Crippen LogP contribution is -2.45. The fourth-order valence-electron chi connectivity index (χ4n) is 2.30. The quantitative estimate of drug-likeness (QED) is 0.917. The van der Waals surface area contributed by atoms with Crippen LogP contribution in [0.1, 0.15) is 45.4 Å². The molecule has 1 aliphatic heterocycles. The second-order valence-electron chi connectivity index (χ2n) is 6.41. The molecule has 7 heteroatoms. The highest BCUT2D eigenvalue weighted by Gasteiger charge is 2.24. The predicted octanol–water partition coefficient (Wildman–Crippen LogP) is 1.87. The summed E-state index contributed by atoms with van der Waals surface area (Å²) in [7, 11) is 0. The van der Waals surface area contributed by atoms with Gasteiger partial charge in [-0.15, -0.1) is 10.2 Å². The molecule has 0 bridgehead atoms. The lowest BCUT2D eigenvalue weighted by molar-refractivity contribution is 0.0475. The summed E-state index contributed by atoms with van der Waals surface area (Å²) in [5.41, 5.74) is -0.458. The van der Waals surface area contributed by atoms with E-state index in [1.54, 1.807) is 6.92 Å². The summed E-state index contributed by atoms with van der Waals surface area (Å²) in [6.45, 7) is 9.82. The number of ether oxygens (including phenoxy) is 1. The Hall–Kier alpha value is -1.63. The molecule has 0 aliphatic carbocycles. The maximum atomic E-state index is 11.7. The van der Waals surface area contributed by atoms with E-state index >= 15 is 0 Å². The first kappa shape index (κ1) is 15.8. The molecule has 1 saturated heterocycles. The van der Waals surface area contributed by atoms with Crippen molar-refractivity contribution in [1.82, 2.24) is 20.4 Å². The molecule has 0 aromatic carbocycles. The molecule has 0 saturated carbocycles. The number of hydrogen-bond donors (Lipinski definition) is 1. The van der Waals surface area contributed by atoms with Crippen LogP contribution in [0.25, 0.3) is 0 Å². The normalized spacial score (nSPS) is 17.7. The highest BCUT2D eigenvalue weighted by molar-refractivity contribution is 5.68. The molecule has 21 heavy (non-hydrogen) atoms. The minimum atomic E-state index is -0.458. The minimum Gasteiger partial charge on any atom is -0.444 e. The first-order valence-electron chi connectivity index (χ1n) is 7.33. The molecule has 0 unspecified atom stereocenters. The van der Waals surface area contributed by atoms with Crippen molar-refractivity contribution in [2.75, 3.05) is 13.1 Å². The smallest absolute Gasteiger partial charge is 0.407 e. The summed E-state index contributed by atoms with van der Waals surface area (Å²) in [6, 6.07) is 0.167. The molecule has 0 radical (unpaired) electrons. The van der Waals surface area contributed by atoms with E-state index in [-0.39, 0.29) is 12.1 Å². The zero-order valence-electron chi connectivity index (χ0n) is 13.2. The van der Waals surface area contributed by atoms with Crippen LogP contribution in [0.5, 0.6) is 0 Å². The van der Waals surface area contributed by atoms with Crippen LogP contribution in [-0.2, 0) is 11.3 Å². The second kappa shape index (κ2) is 6.43. The third kappa shape index (κ3) is 5.34. The average Bonchev–Trinajstić information content (AvgIpc) is 2.75. The molecule has 118 valence electrons. The van der Waals surface area contributed by atoms with Crippen LogP contribution >= 0.6 is 0 Å². The van der Waals surface area contributed by atoms with Gasteiger partial charge >= 0.3 is 6.09 Å². The number of nitrogens with zero attached hydrogens (tertiary/aromatic N) is 3.